The Labute approximate surface area is 179 Å². The molecule has 0 saturated carbocycles. The van der Waals surface area contributed by atoms with E-state index in [1.165, 1.54) is 6.07 Å². The molecule has 2 aromatic heterocycles. The first kappa shape index (κ1) is 21.3. The SMILES string of the molecule is C[C@H](O)CCC(=O)c1ccc2c(c1)nc(Nc1nc3ccc(C(F)(F)F)cc3s1)n2C. The van der Waals surface area contributed by atoms with Crippen LogP contribution in [-0.4, -0.2) is 31.5 Å². The van der Waals surface area contributed by atoms with E-state index >= 15 is 0 Å². The van der Waals surface area contributed by atoms with Gasteiger partial charge in [0.1, 0.15) is 0 Å². The molecule has 0 saturated heterocycles. The molecule has 2 N–H and O–H groups in total. The van der Waals surface area contributed by atoms with Gasteiger partial charge in [0.25, 0.3) is 0 Å². The molecule has 0 aliphatic heterocycles. The highest BCUT2D eigenvalue weighted by molar-refractivity contribution is 7.22. The van der Waals surface area contributed by atoms with Gasteiger partial charge in [-0.25, -0.2) is 9.97 Å². The number of aromatic nitrogens is 3. The van der Waals surface area contributed by atoms with Crippen molar-refractivity contribution < 1.29 is 23.1 Å². The van der Waals surface area contributed by atoms with Crippen molar-refractivity contribution in [1.82, 2.24) is 14.5 Å². The van der Waals surface area contributed by atoms with E-state index in [2.05, 4.69) is 15.3 Å². The number of aliphatic hydroxyl groups excluding tert-OH is 1. The highest BCUT2D eigenvalue weighted by Crippen LogP contribution is 2.35. The molecule has 6 nitrogen and oxygen atoms in total. The van der Waals surface area contributed by atoms with Crippen LogP contribution in [-0.2, 0) is 13.2 Å². The molecule has 0 amide bonds. The van der Waals surface area contributed by atoms with Gasteiger partial charge in [0.05, 0.1) is 32.9 Å². The second-order valence-electron chi connectivity index (χ2n) is 7.33. The molecule has 1 atom stereocenters. The normalized spacial score (nSPS) is 13.1. The van der Waals surface area contributed by atoms with E-state index in [1.807, 2.05) is 0 Å². The number of Topliss-reactive ketones (excluding diaryl/α,β-unsaturated/α-hetero) is 1. The molecule has 31 heavy (non-hydrogen) atoms. The summed E-state index contributed by atoms with van der Waals surface area (Å²) < 4.78 is 41.0. The number of nitrogens with zero attached hydrogens (tertiary/aromatic N) is 3. The van der Waals surface area contributed by atoms with Crippen molar-refractivity contribution in [2.75, 3.05) is 5.32 Å². The fourth-order valence-corrected chi connectivity index (χ4v) is 4.12. The van der Waals surface area contributed by atoms with Gasteiger partial charge in [-0.3, -0.25) is 4.79 Å². The third kappa shape index (κ3) is 4.40. The summed E-state index contributed by atoms with van der Waals surface area (Å²) in [5, 5.41) is 12.8. The highest BCUT2D eigenvalue weighted by atomic mass is 32.1. The smallest absolute Gasteiger partial charge is 0.393 e. The average Bonchev–Trinajstić information content (AvgIpc) is 3.25. The van der Waals surface area contributed by atoms with Crippen LogP contribution in [0.2, 0.25) is 0 Å². The minimum absolute atomic E-state index is 0.0744. The van der Waals surface area contributed by atoms with Crippen molar-refractivity contribution in [2.45, 2.75) is 32.0 Å². The molecule has 0 bridgehead atoms. The molecule has 2 heterocycles. The van der Waals surface area contributed by atoms with Gasteiger partial charge in [0, 0.05) is 19.0 Å². The lowest BCUT2D eigenvalue weighted by Gasteiger charge is -2.04. The number of halogens is 3. The first-order chi connectivity index (χ1) is 14.6. The molecule has 4 aromatic rings. The topological polar surface area (TPSA) is 80.0 Å². The predicted molar refractivity (Wildman–Crippen MR) is 114 cm³/mol. The number of hydrogen-bond donors (Lipinski definition) is 2. The van der Waals surface area contributed by atoms with Crippen LogP contribution < -0.4 is 5.32 Å². The van der Waals surface area contributed by atoms with Crippen molar-refractivity contribution in [1.29, 1.82) is 0 Å². The number of thiazole rings is 1. The van der Waals surface area contributed by atoms with Gasteiger partial charge in [-0.05, 0) is 49.7 Å². The first-order valence-corrected chi connectivity index (χ1v) is 10.4. The zero-order chi connectivity index (χ0) is 22.3. The quantitative estimate of drug-likeness (QED) is 0.392. The summed E-state index contributed by atoms with van der Waals surface area (Å²) >= 11 is 1.10. The zero-order valence-electron chi connectivity index (χ0n) is 16.7. The molecule has 0 aliphatic rings. The number of aryl methyl sites for hydroxylation is 1. The van der Waals surface area contributed by atoms with Gasteiger partial charge < -0.3 is 15.0 Å². The maximum absolute atomic E-state index is 12.9. The van der Waals surface area contributed by atoms with E-state index in [0.29, 0.717) is 38.8 Å². The van der Waals surface area contributed by atoms with Crippen LogP contribution >= 0.6 is 11.3 Å². The van der Waals surface area contributed by atoms with Crippen LogP contribution in [0, 0.1) is 0 Å². The standard InChI is InChI=1S/C21H19F3N4O2S/c1-11(29)3-8-17(30)12-4-7-16-15(9-12)25-19(28(16)2)27-20-26-14-6-5-13(21(22,23)24)10-18(14)31-20/h4-7,9-11,29H,3,8H2,1-2H3,(H,25,26,27)/t11-/m0/s1. The molecule has 162 valence electrons. The summed E-state index contributed by atoms with van der Waals surface area (Å²) in [5.74, 6) is 0.383. The van der Waals surface area contributed by atoms with Crippen molar-refractivity contribution >= 4 is 49.4 Å². The summed E-state index contributed by atoms with van der Waals surface area (Å²) in [5.41, 5.74) is 1.65. The van der Waals surface area contributed by atoms with Crippen LogP contribution in [0.5, 0.6) is 0 Å². The van der Waals surface area contributed by atoms with Crippen molar-refractivity contribution in [3.8, 4) is 0 Å². The van der Waals surface area contributed by atoms with E-state index in [0.717, 1.165) is 29.0 Å². The number of anilines is 2. The Kier molecular flexibility index (Phi) is 5.44. The predicted octanol–water partition coefficient (Wildman–Crippen LogP) is 5.29. The summed E-state index contributed by atoms with van der Waals surface area (Å²) in [6.07, 6.45) is -4.32. The Morgan fingerprint density at radius 1 is 1.19 bits per heavy atom. The molecule has 0 spiro atoms. The van der Waals surface area contributed by atoms with Crippen molar-refractivity contribution in [3.05, 3.63) is 47.5 Å². The molecule has 0 unspecified atom stereocenters. The third-order valence-corrected chi connectivity index (χ3v) is 5.86. The van der Waals surface area contributed by atoms with Gasteiger partial charge >= 0.3 is 6.18 Å². The van der Waals surface area contributed by atoms with Gasteiger partial charge in [-0.15, -0.1) is 0 Å². The lowest BCUT2D eigenvalue weighted by atomic mass is 10.0. The number of ketones is 1. The van der Waals surface area contributed by atoms with Gasteiger partial charge in [0.2, 0.25) is 5.95 Å². The number of carbonyl (C=O) groups is 1. The lowest BCUT2D eigenvalue weighted by Crippen LogP contribution is -2.05. The molecule has 10 heteroatoms. The monoisotopic (exact) mass is 448 g/mol. The summed E-state index contributed by atoms with van der Waals surface area (Å²) in [4.78, 5) is 21.2. The van der Waals surface area contributed by atoms with E-state index in [4.69, 9.17) is 0 Å². The number of rotatable bonds is 6. The number of aliphatic hydroxyl groups is 1. The summed E-state index contributed by atoms with van der Waals surface area (Å²) in [7, 11) is 1.79. The van der Waals surface area contributed by atoms with Crippen LogP contribution in [0.25, 0.3) is 21.3 Å². The molecular weight excluding hydrogens is 429 g/mol. The minimum Gasteiger partial charge on any atom is -0.393 e. The fraction of sp³-hybridized carbons (Fsp3) is 0.286. The Hall–Kier alpha value is -2.98. The van der Waals surface area contributed by atoms with Crippen molar-refractivity contribution in [3.63, 3.8) is 0 Å². The van der Waals surface area contributed by atoms with E-state index in [1.54, 1.807) is 36.7 Å². The number of carbonyl (C=O) groups excluding carboxylic acids is 1. The number of nitrogens with one attached hydrogen (secondary N) is 1. The zero-order valence-corrected chi connectivity index (χ0v) is 17.5. The maximum Gasteiger partial charge on any atom is 0.416 e. The van der Waals surface area contributed by atoms with Crippen LogP contribution in [0.1, 0.15) is 35.7 Å². The molecule has 4 rings (SSSR count). The molecule has 0 aliphatic carbocycles. The van der Waals surface area contributed by atoms with Crippen LogP contribution in [0.3, 0.4) is 0 Å². The summed E-state index contributed by atoms with van der Waals surface area (Å²) in [6.45, 7) is 1.64. The minimum atomic E-state index is -4.41. The van der Waals surface area contributed by atoms with Crippen LogP contribution in [0.15, 0.2) is 36.4 Å². The van der Waals surface area contributed by atoms with Gasteiger partial charge in [-0.2, -0.15) is 13.2 Å². The Balaban J connectivity index is 1.61. The maximum atomic E-state index is 12.9. The average molecular weight is 448 g/mol. The molecule has 0 fully saturated rings. The van der Waals surface area contributed by atoms with E-state index < -0.39 is 17.8 Å². The number of benzene rings is 2. The van der Waals surface area contributed by atoms with Gasteiger partial charge in [-0.1, -0.05) is 11.3 Å². The first-order valence-electron chi connectivity index (χ1n) is 9.54. The van der Waals surface area contributed by atoms with E-state index in [9.17, 15) is 23.1 Å². The second kappa shape index (κ2) is 7.93. The number of fused-ring (bicyclic) bond motifs is 2. The number of alkyl halides is 3. The molecule has 2 aromatic carbocycles. The molecule has 0 radical (unpaired) electrons. The van der Waals surface area contributed by atoms with E-state index in [-0.39, 0.29) is 12.2 Å². The van der Waals surface area contributed by atoms with Gasteiger partial charge in [0.15, 0.2) is 10.9 Å². The Morgan fingerprint density at radius 2 is 1.97 bits per heavy atom. The van der Waals surface area contributed by atoms with Crippen molar-refractivity contribution in [2.24, 2.45) is 7.05 Å². The third-order valence-electron chi connectivity index (χ3n) is 4.93. The number of hydrogen-bond acceptors (Lipinski definition) is 6. The number of imidazole rings is 1. The fourth-order valence-electron chi connectivity index (χ4n) is 3.22. The second-order valence-corrected chi connectivity index (χ2v) is 8.36. The highest BCUT2D eigenvalue weighted by Gasteiger charge is 2.30. The largest absolute Gasteiger partial charge is 0.416 e. The Bertz CT molecular complexity index is 1280. The lowest BCUT2D eigenvalue weighted by molar-refractivity contribution is -0.137. The van der Waals surface area contributed by atoms with Crippen LogP contribution in [0.4, 0.5) is 24.3 Å². The summed E-state index contributed by atoms with van der Waals surface area (Å²) in [6, 6.07) is 8.64. The Morgan fingerprint density at radius 3 is 2.68 bits per heavy atom. The molecular formula is C21H19F3N4O2S.